The lowest BCUT2D eigenvalue weighted by atomic mass is 10.1. The third-order valence-electron chi connectivity index (χ3n) is 3.89. The first-order valence-electron chi connectivity index (χ1n) is 7.68. The Labute approximate surface area is 129 Å². The van der Waals surface area contributed by atoms with Gasteiger partial charge >= 0.3 is 0 Å². The number of carbonyl (C=O) groups excluding carboxylic acids is 1. The largest absolute Gasteiger partial charge is 0.481 e. The van der Waals surface area contributed by atoms with Gasteiger partial charge in [-0.15, -0.1) is 0 Å². The van der Waals surface area contributed by atoms with Crippen molar-refractivity contribution in [3.8, 4) is 5.75 Å². The molecule has 1 aliphatic rings. The molecule has 3 rings (SSSR count). The lowest BCUT2D eigenvalue weighted by Gasteiger charge is -2.17. The Morgan fingerprint density at radius 2 is 2.18 bits per heavy atom. The molecule has 0 aliphatic heterocycles. The summed E-state index contributed by atoms with van der Waals surface area (Å²) in [5, 5.41) is 6.48. The predicted octanol–water partition coefficient (Wildman–Crippen LogP) is 3.27. The summed E-state index contributed by atoms with van der Waals surface area (Å²) in [7, 11) is 0. The van der Waals surface area contributed by atoms with E-state index in [4.69, 9.17) is 9.26 Å². The van der Waals surface area contributed by atoms with Crippen LogP contribution in [0.3, 0.4) is 0 Å². The smallest absolute Gasteiger partial charge is 0.266 e. The Kier molecular flexibility index (Phi) is 4.13. The second kappa shape index (κ2) is 6.22. The minimum atomic E-state index is -0.545. The molecule has 2 aromatic rings. The second-order valence-corrected chi connectivity index (χ2v) is 5.61. The second-order valence-electron chi connectivity index (χ2n) is 5.61. The number of nitrogens with zero attached hydrogens (tertiary/aromatic N) is 1. The summed E-state index contributed by atoms with van der Waals surface area (Å²) in [6, 6.07) is 7.78. The highest BCUT2D eigenvalue weighted by Crippen LogP contribution is 2.27. The summed E-state index contributed by atoms with van der Waals surface area (Å²) in [6.45, 7) is 3.70. The predicted molar refractivity (Wildman–Crippen MR) is 83.0 cm³/mol. The number of ether oxygens (including phenoxy) is 1. The van der Waals surface area contributed by atoms with Gasteiger partial charge in [-0.1, -0.05) is 18.1 Å². The van der Waals surface area contributed by atoms with Gasteiger partial charge in [-0.2, -0.15) is 0 Å². The quantitative estimate of drug-likeness (QED) is 0.920. The lowest BCUT2D eigenvalue weighted by Crippen LogP contribution is -2.32. The molecule has 1 aromatic carbocycles. The number of aryl methyl sites for hydroxylation is 3. The van der Waals surface area contributed by atoms with Crippen molar-refractivity contribution in [2.24, 2.45) is 0 Å². The van der Waals surface area contributed by atoms with Gasteiger partial charge in [0.1, 0.15) is 11.5 Å². The van der Waals surface area contributed by atoms with Gasteiger partial charge in [-0.25, -0.2) is 0 Å². The van der Waals surface area contributed by atoms with E-state index in [1.54, 1.807) is 13.0 Å². The van der Waals surface area contributed by atoms with E-state index in [0.29, 0.717) is 18.0 Å². The maximum absolute atomic E-state index is 12.3. The van der Waals surface area contributed by atoms with Crippen LogP contribution in [0.25, 0.3) is 0 Å². The van der Waals surface area contributed by atoms with Crippen molar-refractivity contribution in [2.45, 2.75) is 45.6 Å². The van der Waals surface area contributed by atoms with Crippen LogP contribution in [-0.4, -0.2) is 17.2 Å². The molecule has 1 amide bonds. The van der Waals surface area contributed by atoms with Gasteiger partial charge in [-0.05, 0) is 55.9 Å². The molecule has 1 aromatic heterocycles. The fourth-order valence-corrected chi connectivity index (χ4v) is 2.74. The monoisotopic (exact) mass is 300 g/mol. The highest BCUT2D eigenvalue weighted by Gasteiger charge is 2.20. The lowest BCUT2D eigenvalue weighted by molar-refractivity contribution is -0.122. The Morgan fingerprint density at radius 1 is 1.36 bits per heavy atom. The van der Waals surface area contributed by atoms with Crippen LogP contribution < -0.4 is 10.1 Å². The van der Waals surface area contributed by atoms with Gasteiger partial charge < -0.3 is 14.6 Å². The zero-order chi connectivity index (χ0) is 15.5. The maximum Gasteiger partial charge on any atom is 0.266 e. The van der Waals surface area contributed by atoms with Crippen LogP contribution in [-0.2, 0) is 17.6 Å². The highest BCUT2D eigenvalue weighted by molar-refractivity contribution is 5.93. The number of nitrogens with one attached hydrogen (secondary N) is 1. The molecule has 1 N–H and O–H groups in total. The van der Waals surface area contributed by atoms with E-state index in [0.717, 1.165) is 18.6 Å². The Balaban J connectivity index is 1.67. The van der Waals surface area contributed by atoms with Crippen molar-refractivity contribution >= 4 is 11.7 Å². The topological polar surface area (TPSA) is 64.4 Å². The first kappa shape index (κ1) is 14.6. The zero-order valence-electron chi connectivity index (χ0n) is 12.9. The third-order valence-corrected chi connectivity index (χ3v) is 3.89. The molecule has 22 heavy (non-hydrogen) atoms. The van der Waals surface area contributed by atoms with Crippen LogP contribution in [0, 0.1) is 6.92 Å². The van der Waals surface area contributed by atoms with E-state index in [9.17, 15) is 4.79 Å². The van der Waals surface area contributed by atoms with Crippen molar-refractivity contribution in [3.63, 3.8) is 0 Å². The van der Waals surface area contributed by atoms with Gasteiger partial charge in [0, 0.05) is 6.07 Å². The highest BCUT2D eigenvalue weighted by atomic mass is 16.5. The first-order valence-corrected chi connectivity index (χ1v) is 7.68. The molecule has 1 aliphatic carbocycles. The van der Waals surface area contributed by atoms with Crippen molar-refractivity contribution < 1.29 is 14.1 Å². The summed E-state index contributed by atoms with van der Waals surface area (Å²) in [5.41, 5.74) is 2.72. The number of hydrogen-bond donors (Lipinski definition) is 1. The summed E-state index contributed by atoms with van der Waals surface area (Å²) in [4.78, 5) is 12.3. The maximum atomic E-state index is 12.3. The van der Waals surface area contributed by atoms with Crippen LogP contribution in [0.5, 0.6) is 5.75 Å². The van der Waals surface area contributed by atoms with Crippen LogP contribution >= 0.6 is 0 Å². The summed E-state index contributed by atoms with van der Waals surface area (Å²) < 4.78 is 10.8. The van der Waals surface area contributed by atoms with Crippen molar-refractivity contribution in [2.75, 3.05) is 5.32 Å². The number of benzene rings is 1. The average molecular weight is 300 g/mol. The molecule has 1 heterocycles. The number of fused-ring (bicyclic) bond motifs is 1. The molecule has 1 unspecified atom stereocenters. The molecule has 0 saturated carbocycles. The fraction of sp³-hybridized carbons (Fsp3) is 0.412. The van der Waals surface area contributed by atoms with Gasteiger partial charge in [0.2, 0.25) is 0 Å². The third kappa shape index (κ3) is 3.13. The molecular weight excluding hydrogens is 280 g/mol. The number of rotatable bonds is 5. The van der Waals surface area contributed by atoms with E-state index < -0.39 is 6.10 Å². The fourth-order valence-electron chi connectivity index (χ4n) is 2.74. The first-order chi connectivity index (χ1) is 10.7. The summed E-state index contributed by atoms with van der Waals surface area (Å²) in [5.74, 6) is 1.61. The van der Waals surface area contributed by atoms with Crippen LogP contribution in [0.1, 0.15) is 36.7 Å². The number of amides is 1. The summed E-state index contributed by atoms with van der Waals surface area (Å²) in [6.07, 6.45) is 3.46. The number of hydrogen-bond acceptors (Lipinski definition) is 4. The Morgan fingerprint density at radius 3 is 2.91 bits per heavy atom. The average Bonchev–Trinajstić information content (AvgIpc) is 3.12. The standard InChI is InChI=1S/C17H20N2O3/c1-3-15(17(20)18-16-9-11(2)22-19-16)21-14-8-7-12-5-4-6-13(12)10-14/h7-10,15H,3-6H2,1-2H3,(H,18,19,20). The van der Waals surface area contributed by atoms with E-state index in [1.807, 2.05) is 13.0 Å². The minimum absolute atomic E-state index is 0.212. The minimum Gasteiger partial charge on any atom is -0.481 e. The SMILES string of the molecule is CCC(Oc1ccc2c(c1)CCC2)C(=O)Nc1cc(C)on1. The molecule has 0 fully saturated rings. The number of aromatic nitrogens is 1. The summed E-state index contributed by atoms with van der Waals surface area (Å²) >= 11 is 0. The molecular formula is C17H20N2O3. The molecule has 0 radical (unpaired) electrons. The number of anilines is 1. The van der Waals surface area contributed by atoms with E-state index in [-0.39, 0.29) is 5.91 Å². The molecule has 1 atom stereocenters. The Hall–Kier alpha value is -2.30. The van der Waals surface area contributed by atoms with Crippen molar-refractivity contribution in [1.29, 1.82) is 0 Å². The zero-order valence-corrected chi connectivity index (χ0v) is 12.9. The van der Waals surface area contributed by atoms with Crippen molar-refractivity contribution in [3.05, 3.63) is 41.2 Å². The normalized spacial score (nSPS) is 14.5. The molecule has 5 nitrogen and oxygen atoms in total. The van der Waals surface area contributed by atoms with Crippen LogP contribution in [0.2, 0.25) is 0 Å². The van der Waals surface area contributed by atoms with E-state index in [2.05, 4.69) is 22.6 Å². The van der Waals surface area contributed by atoms with Gasteiger partial charge in [-0.3, -0.25) is 4.79 Å². The molecule has 0 saturated heterocycles. The van der Waals surface area contributed by atoms with Gasteiger partial charge in [0.15, 0.2) is 11.9 Å². The van der Waals surface area contributed by atoms with Gasteiger partial charge in [0.05, 0.1) is 0 Å². The number of carbonyl (C=O) groups is 1. The Bertz CT molecular complexity index is 678. The molecule has 0 spiro atoms. The molecule has 116 valence electrons. The van der Waals surface area contributed by atoms with E-state index >= 15 is 0 Å². The van der Waals surface area contributed by atoms with Crippen LogP contribution in [0.4, 0.5) is 5.82 Å². The van der Waals surface area contributed by atoms with Gasteiger partial charge in [0.25, 0.3) is 5.91 Å². The van der Waals surface area contributed by atoms with Crippen molar-refractivity contribution in [1.82, 2.24) is 5.16 Å². The molecule has 0 bridgehead atoms. The van der Waals surface area contributed by atoms with Crippen LogP contribution in [0.15, 0.2) is 28.8 Å². The van der Waals surface area contributed by atoms with E-state index in [1.165, 1.54) is 17.5 Å². The molecule has 5 heteroatoms.